The van der Waals surface area contributed by atoms with Gasteiger partial charge in [0.25, 0.3) is 11.8 Å². The molecular formula is C26H22FN3O3. The van der Waals surface area contributed by atoms with Gasteiger partial charge in [0.1, 0.15) is 11.5 Å². The highest BCUT2D eigenvalue weighted by Crippen LogP contribution is 2.31. The van der Waals surface area contributed by atoms with E-state index in [4.69, 9.17) is 0 Å². The van der Waals surface area contributed by atoms with Gasteiger partial charge in [-0.1, -0.05) is 48.5 Å². The number of imide groups is 1. The highest BCUT2D eigenvalue weighted by atomic mass is 19.1. The molecule has 7 heteroatoms. The van der Waals surface area contributed by atoms with Crippen LogP contribution in [-0.2, 0) is 20.8 Å². The summed E-state index contributed by atoms with van der Waals surface area (Å²) >= 11 is 0. The van der Waals surface area contributed by atoms with Crippen LogP contribution in [-0.4, -0.2) is 29.2 Å². The van der Waals surface area contributed by atoms with Gasteiger partial charge in [-0.15, -0.1) is 0 Å². The van der Waals surface area contributed by atoms with Crippen LogP contribution in [0.15, 0.2) is 84.6 Å². The largest absolute Gasteiger partial charge is 0.350 e. The standard InChI is InChI=1S/C26H22FN3O3/c1-17(31)28-21-12-10-19(11-13-21)23-24(29-22-9-5-8-20(27)16-22)26(33)30(25(23)32)15-14-18-6-3-2-4-7-18/h2-13,16,29H,14-15H2,1H3,(H,28,31). The van der Waals surface area contributed by atoms with E-state index in [0.717, 1.165) is 5.56 Å². The predicted octanol–water partition coefficient (Wildman–Crippen LogP) is 4.22. The Morgan fingerprint density at radius 2 is 1.61 bits per heavy atom. The number of rotatable bonds is 7. The van der Waals surface area contributed by atoms with Crippen LogP contribution in [0.2, 0.25) is 0 Å². The minimum absolute atomic E-state index is 0.0888. The molecule has 0 fully saturated rings. The molecule has 1 aliphatic rings. The Labute approximate surface area is 190 Å². The van der Waals surface area contributed by atoms with E-state index < -0.39 is 17.6 Å². The molecule has 0 radical (unpaired) electrons. The minimum Gasteiger partial charge on any atom is -0.350 e. The molecule has 0 aromatic heterocycles. The van der Waals surface area contributed by atoms with Crippen molar-refractivity contribution in [3.05, 3.63) is 102 Å². The highest BCUT2D eigenvalue weighted by Gasteiger charge is 2.39. The molecule has 6 nitrogen and oxygen atoms in total. The number of carbonyl (C=O) groups is 3. The average molecular weight is 443 g/mol. The molecular weight excluding hydrogens is 421 g/mol. The van der Waals surface area contributed by atoms with Crippen LogP contribution in [0.25, 0.3) is 5.57 Å². The second-order valence-electron chi connectivity index (χ2n) is 7.64. The molecule has 0 atom stereocenters. The Morgan fingerprint density at radius 3 is 2.27 bits per heavy atom. The van der Waals surface area contributed by atoms with Crippen LogP contribution >= 0.6 is 0 Å². The first kappa shape index (κ1) is 22.0. The number of anilines is 2. The number of hydrogen-bond acceptors (Lipinski definition) is 4. The van der Waals surface area contributed by atoms with Gasteiger partial charge in [-0.3, -0.25) is 19.3 Å². The van der Waals surface area contributed by atoms with Gasteiger partial charge < -0.3 is 10.6 Å². The molecule has 3 amide bonds. The molecule has 3 aromatic rings. The SMILES string of the molecule is CC(=O)Nc1ccc(C2=C(Nc3cccc(F)c3)C(=O)N(CCc3ccccc3)C2=O)cc1. The second-order valence-corrected chi connectivity index (χ2v) is 7.64. The zero-order chi connectivity index (χ0) is 23.4. The molecule has 0 saturated heterocycles. The van der Waals surface area contributed by atoms with Crippen LogP contribution in [0.5, 0.6) is 0 Å². The molecule has 0 bridgehead atoms. The topological polar surface area (TPSA) is 78.5 Å². The Balaban J connectivity index is 1.66. The van der Waals surface area contributed by atoms with Crippen molar-refractivity contribution < 1.29 is 18.8 Å². The van der Waals surface area contributed by atoms with Crippen molar-refractivity contribution in [1.29, 1.82) is 0 Å². The Bertz CT molecular complexity index is 1240. The van der Waals surface area contributed by atoms with E-state index >= 15 is 0 Å². The van der Waals surface area contributed by atoms with Crippen LogP contribution in [0, 0.1) is 5.82 Å². The van der Waals surface area contributed by atoms with Crippen molar-refractivity contribution >= 4 is 34.7 Å². The first-order valence-corrected chi connectivity index (χ1v) is 10.5. The van der Waals surface area contributed by atoms with Crippen LogP contribution < -0.4 is 10.6 Å². The molecule has 1 heterocycles. The number of halogens is 1. The molecule has 4 rings (SSSR count). The molecule has 0 spiro atoms. The first-order valence-electron chi connectivity index (χ1n) is 10.5. The summed E-state index contributed by atoms with van der Waals surface area (Å²) in [5.41, 5.74) is 2.75. The normalized spacial score (nSPS) is 13.5. The monoisotopic (exact) mass is 443 g/mol. The maximum Gasteiger partial charge on any atom is 0.278 e. The van der Waals surface area contributed by atoms with Gasteiger partial charge >= 0.3 is 0 Å². The second kappa shape index (κ2) is 9.48. The lowest BCUT2D eigenvalue weighted by Gasteiger charge is -2.15. The van der Waals surface area contributed by atoms with E-state index in [-0.39, 0.29) is 23.7 Å². The van der Waals surface area contributed by atoms with Gasteiger partial charge in [0.2, 0.25) is 5.91 Å². The Kier molecular flexibility index (Phi) is 6.31. The van der Waals surface area contributed by atoms with E-state index in [1.165, 1.54) is 30.0 Å². The number of hydrogen-bond donors (Lipinski definition) is 2. The molecule has 0 aliphatic carbocycles. The van der Waals surface area contributed by atoms with Crippen molar-refractivity contribution in [3.8, 4) is 0 Å². The van der Waals surface area contributed by atoms with Crippen LogP contribution in [0.4, 0.5) is 15.8 Å². The Morgan fingerprint density at radius 1 is 0.879 bits per heavy atom. The van der Waals surface area contributed by atoms with Gasteiger partial charge in [0.15, 0.2) is 0 Å². The van der Waals surface area contributed by atoms with Crippen molar-refractivity contribution in [2.45, 2.75) is 13.3 Å². The molecule has 3 aromatic carbocycles. The van der Waals surface area contributed by atoms with E-state index in [1.54, 1.807) is 30.3 Å². The van der Waals surface area contributed by atoms with E-state index in [0.29, 0.717) is 23.4 Å². The van der Waals surface area contributed by atoms with Crippen molar-refractivity contribution in [3.63, 3.8) is 0 Å². The fourth-order valence-electron chi connectivity index (χ4n) is 3.68. The summed E-state index contributed by atoms with van der Waals surface area (Å²) in [5, 5.41) is 5.62. The third-order valence-corrected chi connectivity index (χ3v) is 5.22. The summed E-state index contributed by atoms with van der Waals surface area (Å²) in [6.07, 6.45) is 0.514. The zero-order valence-corrected chi connectivity index (χ0v) is 18.0. The van der Waals surface area contributed by atoms with Gasteiger partial charge in [-0.05, 0) is 47.9 Å². The van der Waals surface area contributed by atoms with Crippen LogP contribution in [0.1, 0.15) is 18.1 Å². The molecule has 33 heavy (non-hydrogen) atoms. The zero-order valence-electron chi connectivity index (χ0n) is 18.0. The maximum absolute atomic E-state index is 13.7. The Hall–Kier alpha value is -4.26. The number of benzene rings is 3. The molecule has 1 aliphatic heterocycles. The summed E-state index contributed by atoms with van der Waals surface area (Å²) < 4.78 is 13.7. The summed E-state index contributed by atoms with van der Waals surface area (Å²) in [7, 11) is 0. The highest BCUT2D eigenvalue weighted by molar-refractivity contribution is 6.36. The lowest BCUT2D eigenvalue weighted by molar-refractivity contribution is -0.136. The summed E-state index contributed by atoms with van der Waals surface area (Å²) in [6.45, 7) is 1.62. The molecule has 166 valence electrons. The number of nitrogens with zero attached hydrogens (tertiary/aromatic N) is 1. The first-order chi connectivity index (χ1) is 15.9. The minimum atomic E-state index is -0.471. The van der Waals surface area contributed by atoms with Gasteiger partial charge in [0.05, 0.1) is 5.57 Å². The van der Waals surface area contributed by atoms with Crippen molar-refractivity contribution in [2.75, 3.05) is 17.2 Å². The van der Waals surface area contributed by atoms with Crippen molar-refractivity contribution in [2.24, 2.45) is 0 Å². The van der Waals surface area contributed by atoms with Gasteiger partial charge in [-0.2, -0.15) is 0 Å². The van der Waals surface area contributed by atoms with Crippen LogP contribution in [0.3, 0.4) is 0 Å². The fourth-order valence-corrected chi connectivity index (χ4v) is 3.68. The maximum atomic E-state index is 13.7. The third kappa shape index (κ3) is 4.98. The molecule has 2 N–H and O–H groups in total. The lowest BCUT2D eigenvalue weighted by Crippen LogP contribution is -2.34. The predicted molar refractivity (Wildman–Crippen MR) is 125 cm³/mol. The smallest absolute Gasteiger partial charge is 0.278 e. The fraction of sp³-hybridized carbons (Fsp3) is 0.115. The number of nitrogens with one attached hydrogen (secondary N) is 2. The summed E-state index contributed by atoms with van der Waals surface area (Å²) in [5.74, 6) is -1.57. The van der Waals surface area contributed by atoms with Gasteiger partial charge in [-0.25, -0.2) is 4.39 Å². The van der Waals surface area contributed by atoms with E-state index in [9.17, 15) is 18.8 Å². The number of amides is 3. The van der Waals surface area contributed by atoms with Crippen molar-refractivity contribution in [1.82, 2.24) is 4.90 Å². The quantitative estimate of drug-likeness (QED) is 0.536. The summed E-state index contributed by atoms with van der Waals surface area (Å²) in [4.78, 5) is 39.1. The summed E-state index contributed by atoms with van der Waals surface area (Å²) in [6, 6.07) is 21.9. The molecule has 0 saturated carbocycles. The van der Waals surface area contributed by atoms with Gasteiger partial charge in [0, 0.05) is 24.8 Å². The third-order valence-electron chi connectivity index (χ3n) is 5.22. The lowest BCUT2D eigenvalue weighted by atomic mass is 10.0. The number of carbonyl (C=O) groups excluding carboxylic acids is 3. The van der Waals surface area contributed by atoms with E-state index in [2.05, 4.69) is 10.6 Å². The molecule has 0 unspecified atom stereocenters. The van der Waals surface area contributed by atoms with E-state index in [1.807, 2.05) is 30.3 Å². The average Bonchev–Trinajstić information content (AvgIpc) is 3.02.